The second-order valence-electron chi connectivity index (χ2n) is 5.27. The summed E-state index contributed by atoms with van der Waals surface area (Å²) in [5.74, 6) is 5.18. The predicted molar refractivity (Wildman–Crippen MR) is 82.2 cm³/mol. The van der Waals surface area contributed by atoms with Gasteiger partial charge in [-0.3, -0.25) is 15.1 Å². The van der Waals surface area contributed by atoms with Crippen LogP contribution >= 0.6 is 0 Å². The average Bonchev–Trinajstić information content (AvgIpc) is 2.52. The Morgan fingerprint density at radius 2 is 1.57 bits per heavy atom. The molecule has 1 atom stereocenters. The van der Waals surface area contributed by atoms with E-state index in [9.17, 15) is 4.79 Å². The molecule has 2 aromatic rings. The van der Waals surface area contributed by atoms with Crippen LogP contribution in [0.25, 0.3) is 0 Å². The number of hydrazine groups is 1. The third-order valence-corrected chi connectivity index (χ3v) is 4.07. The number of nitrogens with one attached hydrogen (secondary N) is 1. The van der Waals surface area contributed by atoms with E-state index in [2.05, 4.69) is 34.6 Å². The fraction of sp³-hybridized carbons (Fsp3) is 0.235. The molecule has 1 heterocycles. The molecule has 0 spiro atoms. The highest BCUT2D eigenvalue weighted by atomic mass is 16.2. The summed E-state index contributed by atoms with van der Waals surface area (Å²) in [5, 5.41) is 0. The van der Waals surface area contributed by atoms with Crippen LogP contribution in [0.4, 0.5) is 0 Å². The van der Waals surface area contributed by atoms with Crippen molar-refractivity contribution in [2.45, 2.75) is 18.5 Å². The molecule has 21 heavy (non-hydrogen) atoms. The lowest BCUT2D eigenvalue weighted by atomic mass is 9.90. The Morgan fingerprint density at radius 1 is 1.05 bits per heavy atom. The van der Waals surface area contributed by atoms with Crippen LogP contribution in [-0.4, -0.2) is 23.4 Å². The maximum atomic E-state index is 11.9. The van der Waals surface area contributed by atoms with Gasteiger partial charge in [-0.15, -0.1) is 0 Å². The summed E-state index contributed by atoms with van der Waals surface area (Å²) in [5.41, 5.74) is 4.66. The van der Waals surface area contributed by atoms with Crippen LogP contribution in [-0.2, 0) is 4.79 Å². The zero-order valence-corrected chi connectivity index (χ0v) is 11.8. The van der Waals surface area contributed by atoms with Crippen LogP contribution in [0, 0.1) is 0 Å². The lowest BCUT2D eigenvalue weighted by Gasteiger charge is -2.45. The molecule has 3 N–H and O–H groups in total. The van der Waals surface area contributed by atoms with Gasteiger partial charge in [-0.05, 0) is 17.5 Å². The van der Waals surface area contributed by atoms with Crippen molar-refractivity contribution in [3.63, 3.8) is 0 Å². The number of nitrogens with two attached hydrogens (primary N) is 1. The molecule has 4 heteroatoms. The van der Waals surface area contributed by atoms with Crippen LogP contribution in [0.15, 0.2) is 60.7 Å². The smallest absolute Gasteiger partial charge is 0.251 e. The summed E-state index contributed by atoms with van der Waals surface area (Å²) < 4.78 is 0. The molecule has 1 aliphatic rings. The maximum absolute atomic E-state index is 11.9. The minimum atomic E-state index is -0.152. The molecule has 1 amide bonds. The molecule has 1 aliphatic heterocycles. The highest BCUT2D eigenvalue weighted by molar-refractivity contribution is 5.82. The number of benzene rings is 2. The number of likely N-dealkylation sites (tertiary alicyclic amines) is 1. The van der Waals surface area contributed by atoms with Gasteiger partial charge in [-0.25, -0.2) is 5.84 Å². The molecule has 1 saturated heterocycles. The van der Waals surface area contributed by atoms with Gasteiger partial charge in [-0.1, -0.05) is 60.7 Å². The van der Waals surface area contributed by atoms with Gasteiger partial charge in [0.15, 0.2) is 0 Å². The third kappa shape index (κ3) is 2.68. The Bertz CT molecular complexity index is 560. The zero-order chi connectivity index (χ0) is 14.7. The van der Waals surface area contributed by atoms with Gasteiger partial charge in [0.1, 0.15) is 0 Å². The van der Waals surface area contributed by atoms with E-state index in [4.69, 9.17) is 5.84 Å². The first-order valence-corrected chi connectivity index (χ1v) is 7.17. The van der Waals surface area contributed by atoms with Gasteiger partial charge in [0.25, 0.3) is 5.91 Å². The monoisotopic (exact) mass is 281 g/mol. The van der Waals surface area contributed by atoms with Crippen molar-refractivity contribution >= 4 is 5.91 Å². The van der Waals surface area contributed by atoms with Gasteiger partial charge >= 0.3 is 0 Å². The zero-order valence-electron chi connectivity index (χ0n) is 11.8. The highest BCUT2D eigenvalue weighted by Crippen LogP contribution is 2.35. The quantitative estimate of drug-likeness (QED) is 0.511. The van der Waals surface area contributed by atoms with Crippen molar-refractivity contribution in [2.75, 3.05) is 6.54 Å². The minimum Gasteiger partial charge on any atom is -0.293 e. The normalized spacial score (nSPS) is 18.3. The second kappa shape index (κ2) is 6.08. The first kappa shape index (κ1) is 13.8. The van der Waals surface area contributed by atoms with Crippen LogP contribution in [0.1, 0.15) is 23.6 Å². The van der Waals surface area contributed by atoms with Gasteiger partial charge in [-0.2, -0.15) is 0 Å². The molecule has 0 radical (unpaired) electrons. The van der Waals surface area contributed by atoms with E-state index < -0.39 is 0 Å². The van der Waals surface area contributed by atoms with Gasteiger partial charge in [0, 0.05) is 6.54 Å². The van der Waals surface area contributed by atoms with Crippen molar-refractivity contribution in [3.8, 4) is 0 Å². The van der Waals surface area contributed by atoms with Crippen LogP contribution in [0.3, 0.4) is 0 Å². The lowest BCUT2D eigenvalue weighted by Crippen LogP contribution is -2.58. The molecule has 0 saturated carbocycles. The molecule has 0 unspecified atom stereocenters. The summed E-state index contributed by atoms with van der Waals surface area (Å²) in [6.45, 7) is 0.895. The van der Waals surface area contributed by atoms with E-state index in [1.54, 1.807) is 0 Å². The molecule has 4 nitrogen and oxygen atoms in total. The summed E-state index contributed by atoms with van der Waals surface area (Å²) in [6, 6.07) is 20.5. The Labute approximate surface area is 124 Å². The van der Waals surface area contributed by atoms with E-state index in [1.165, 1.54) is 11.1 Å². The summed E-state index contributed by atoms with van der Waals surface area (Å²) in [4.78, 5) is 14.1. The van der Waals surface area contributed by atoms with Crippen molar-refractivity contribution in [1.82, 2.24) is 10.3 Å². The maximum Gasteiger partial charge on any atom is 0.251 e. The van der Waals surface area contributed by atoms with E-state index >= 15 is 0 Å². The van der Waals surface area contributed by atoms with Gasteiger partial charge in [0.2, 0.25) is 0 Å². The predicted octanol–water partition coefficient (Wildman–Crippen LogP) is 1.84. The molecule has 0 aliphatic carbocycles. The fourth-order valence-corrected chi connectivity index (χ4v) is 2.94. The van der Waals surface area contributed by atoms with Crippen molar-refractivity contribution in [3.05, 3.63) is 71.8 Å². The Balaban J connectivity index is 1.96. The highest BCUT2D eigenvalue weighted by Gasteiger charge is 2.39. The third-order valence-electron chi connectivity index (χ3n) is 4.07. The van der Waals surface area contributed by atoms with E-state index in [0.717, 1.165) is 13.0 Å². The molecule has 2 aromatic carbocycles. The summed E-state index contributed by atoms with van der Waals surface area (Å²) >= 11 is 0. The Kier molecular flexibility index (Phi) is 3.99. The average molecular weight is 281 g/mol. The topological polar surface area (TPSA) is 58.4 Å². The molecular weight excluding hydrogens is 262 g/mol. The minimum absolute atomic E-state index is 0.0865. The number of hydrogen-bond acceptors (Lipinski definition) is 3. The first-order chi connectivity index (χ1) is 10.3. The summed E-state index contributed by atoms with van der Waals surface area (Å²) in [7, 11) is 0. The fourth-order valence-electron chi connectivity index (χ4n) is 2.94. The Morgan fingerprint density at radius 3 is 1.95 bits per heavy atom. The number of hydrogen-bond donors (Lipinski definition) is 2. The van der Waals surface area contributed by atoms with E-state index in [1.807, 2.05) is 36.4 Å². The summed E-state index contributed by atoms with van der Waals surface area (Å²) in [6.07, 6.45) is 0.846. The van der Waals surface area contributed by atoms with Crippen LogP contribution in [0.2, 0.25) is 0 Å². The molecule has 0 aromatic heterocycles. The van der Waals surface area contributed by atoms with Gasteiger partial charge < -0.3 is 0 Å². The molecule has 0 bridgehead atoms. The first-order valence-electron chi connectivity index (χ1n) is 7.17. The molecule has 3 rings (SSSR count). The van der Waals surface area contributed by atoms with Crippen molar-refractivity contribution in [2.24, 2.45) is 5.84 Å². The SMILES string of the molecule is NNC(=O)[C@H]1CCN1C(c1ccccc1)c1ccccc1. The molecular formula is C17H19N3O. The van der Waals surface area contributed by atoms with E-state index in [0.29, 0.717) is 0 Å². The van der Waals surface area contributed by atoms with Crippen molar-refractivity contribution < 1.29 is 4.79 Å². The Hall–Kier alpha value is -2.17. The number of carbonyl (C=O) groups is 1. The van der Waals surface area contributed by atoms with Crippen LogP contribution < -0.4 is 11.3 Å². The van der Waals surface area contributed by atoms with Crippen LogP contribution in [0.5, 0.6) is 0 Å². The largest absolute Gasteiger partial charge is 0.293 e. The second-order valence-corrected chi connectivity index (χ2v) is 5.27. The lowest BCUT2D eigenvalue weighted by molar-refractivity contribution is -0.132. The number of nitrogens with zero attached hydrogens (tertiary/aromatic N) is 1. The number of carbonyl (C=O) groups excluding carboxylic acids is 1. The molecule has 1 fully saturated rings. The number of rotatable bonds is 4. The molecule has 108 valence electrons. The number of amides is 1. The van der Waals surface area contributed by atoms with Gasteiger partial charge in [0.05, 0.1) is 12.1 Å². The van der Waals surface area contributed by atoms with E-state index in [-0.39, 0.29) is 18.0 Å². The van der Waals surface area contributed by atoms with Crippen molar-refractivity contribution in [1.29, 1.82) is 0 Å². The standard InChI is InChI=1S/C17H19N3O/c18-19-17(21)15-11-12-20(15)16(13-7-3-1-4-8-13)14-9-5-2-6-10-14/h1-10,15-16H,11-12,18H2,(H,19,21)/t15-/m1/s1.